The fraction of sp³-hybridized carbons (Fsp3) is 0.438. The van der Waals surface area contributed by atoms with Crippen molar-refractivity contribution in [1.29, 1.82) is 0 Å². The topological polar surface area (TPSA) is 24.9 Å². The first-order chi connectivity index (χ1) is 10.3. The second-order valence-corrected chi connectivity index (χ2v) is 7.42. The highest BCUT2D eigenvalue weighted by Crippen LogP contribution is 2.24. The molecule has 0 spiro atoms. The van der Waals surface area contributed by atoms with Crippen LogP contribution < -0.4 is 5.32 Å². The van der Waals surface area contributed by atoms with E-state index < -0.39 is 0 Å². The minimum atomic E-state index is -0.206. The van der Waals surface area contributed by atoms with E-state index >= 15 is 0 Å². The van der Waals surface area contributed by atoms with E-state index in [1.165, 1.54) is 36.5 Å². The molecule has 0 bridgehead atoms. The molecule has 2 nitrogen and oxygen atoms in total. The standard InChI is InChI=1S/C16H19FN2S2/c17-14-3-1-13(2-4-14)16-19-15(11-21-16)10-18-9-12-5-7-20-8-6-12/h1-4,11-12,18H,5-10H2. The Morgan fingerprint density at radius 1 is 1.19 bits per heavy atom. The summed E-state index contributed by atoms with van der Waals surface area (Å²) in [7, 11) is 0. The minimum Gasteiger partial charge on any atom is -0.311 e. The van der Waals surface area contributed by atoms with Gasteiger partial charge in [-0.05, 0) is 61.1 Å². The number of aromatic nitrogens is 1. The summed E-state index contributed by atoms with van der Waals surface area (Å²) in [6.07, 6.45) is 2.66. The summed E-state index contributed by atoms with van der Waals surface area (Å²) in [5.74, 6) is 3.22. The molecule has 0 saturated carbocycles. The van der Waals surface area contributed by atoms with Crippen LogP contribution in [-0.4, -0.2) is 23.0 Å². The average molecular weight is 322 g/mol. The Morgan fingerprint density at radius 2 is 1.95 bits per heavy atom. The number of halogens is 1. The van der Waals surface area contributed by atoms with Gasteiger partial charge in [0.2, 0.25) is 0 Å². The van der Waals surface area contributed by atoms with Crippen LogP contribution in [-0.2, 0) is 6.54 Å². The molecule has 1 aromatic carbocycles. The Kier molecular flexibility index (Phi) is 5.27. The van der Waals surface area contributed by atoms with Gasteiger partial charge in [-0.1, -0.05) is 0 Å². The molecular weight excluding hydrogens is 303 g/mol. The van der Waals surface area contributed by atoms with Crippen molar-refractivity contribution in [2.75, 3.05) is 18.1 Å². The average Bonchev–Trinajstić information content (AvgIpc) is 2.98. The van der Waals surface area contributed by atoms with Crippen LogP contribution in [0.3, 0.4) is 0 Å². The van der Waals surface area contributed by atoms with Gasteiger partial charge in [0, 0.05) is 17.5 Å². The summed E-state index contributed by atoms with van der Waals surface area (Å²) < 4.78 is 12.9. The van der Waals surface area contributed by atoms with Gasteiger partial charge in [-0.2, -0.15) is 11.8 Å². The SMILES string of the molecule is Fc1ccc(-c2nc(CNCC3CCSCC3)cs2)cc1. The lowest BCUT2D eigenvalue weighted by atomic mass is 10.0. The van der Waals surface area contributed by atoms with E-state index in [-0.39, 0.29) is 5.82 Å². The third-order valence-electron chi connectivity index (χ3n) is 3.72. The molecule has 0 radical (unpaired) electrons. The number of benzene rings is 1. The van der Waals surface area contributed by atoms with Gasteiger partial charge in [0.15, 0.2) is 0 Å². The van der Waals surface area contributed by atoms with Gasteiger partial charge in [-0.15, -0.1) is 11.3 Å². The predicted octanol–water partition coefficient (Wildman–Crippen LogP) is 4.18. The van der Waals surface area contributed by atoms with E-state index in [0.29, 0.717) is 0 Å². The summed E-state index contributed by atoms with van der Waals surface area (Å²) in [5.41, 5.74) is 2.06. The lowest BCUT2D eigenvalue weighted by molar-refractivity contribution is 0.446. The smallest absolute Gasteiger partial charge is 0.123 e. The molecule has 1 fully saturated rings. The van der Waals surface area contributed by atoms with Gasteiger partial charge in [-0.25, -0.2) is 9.37 Å². The van der Waals surface area contributed by atoms with Crippen LogP contribution >= 0.6 is 23.1 Å². The number of hydrogen-bond acceptors (Lipinski definition) is 4. The molecule has 1 aromatic heterocycles. The van der Waals surface area contributed by atoms with E-state index in [9.17, 15) is 4.39 Å². The van der Waals surface area contributed by atoms with E-state index in [0.717, 1.165) is 35.3 Å². The number of nitrogens with zero attached hydrogens (tertiary/aromatic N) is 1. The summed E-state index contributed by atoms with van der Waals surface area (Å²) in [4.78, 5) is 4.62. The second kappa shape index (κ2) is 7.38. The molecule has 1 N–H and O–H groups in total. The Hall–Kier alpha value is -0.910. The zero-order valence-corrected chi connectivity index (χ0v) is 13.5. The summed E-state index contributed by atoms with van der Waals surface area (Å²) in [5, 5.41) is 6.57. The molecule has 1 saturated heterocycles. The van der Waals surface area contributed by atoms with Crippen LogP contribution in [0.4, 0.5) is 4.39 Å². The molecule has 3 rings (SSSR count). The quantitative estimate of drug-likeness (QED) is 0.894. The van der Waals surface area contributed by atoms with Crippen LogP contribution in [0.25, 0.3) is 10.6 Å². The van der Waals surface area contributed by atoms with Gasteiger partial charge in [0.1, 0.15) is 10.8 Å². The molecule has 0 unspecified atom stereocenters. The van der Waals surface area contributed by atoms with Gasteiger partial charge in [0.25, 0.3) is 0 Å². The highest BCUT2D eigenvalue weighted by atomic mass is 32.2. The van der Waals surface area contributed by atoms with Crippen molar-refractivity contribution < 1.29 is 4.39 Å². The number of thiazole rings is 1. The zero-order chi connectivity index (χ0) is 14.5. The molecule has 5 heteroatoms. The minimum absolute atomic E-state index is 0.206. The number of rotatable bonds is 5. The van der Waals surface area contributed by atoms with E-state index in [4.69, 9.17) is 0 Å². The van der Waals surface area contributed by atoms with Crippen molar-refractivity contribution >= 4 is 23.1 Å². The van der Waals surface area contributed by atoms with Crippen molar-refractivity contribution in [2.24, 2.45) is 5.92 Å². The molecule has 21 heavy (non-hydrogen) atoms. The van der Waals surface area contributed by atoms with E-state index in [1.807, 2.05) is 0 Å². The summed E-state index contributed by atoms with van der Waals surface area (Å²) in [6.45, 7) is 1.91. The first-order valence-electron chi connectivity index (χ1n) is 7.30. The highest BCUT2D eigenvalue weighted by molar-refractivity contribution is 7.99. The fourth-order valence-corrected chi connectivity index (χ4v) is 4.50. The zero-order valence-electron chi connectivity index (χ0n) is 11.8. The van der Waals surface area contributed by atoms with Crippen molar-refractivity contribution in [3.63, 3.8) is 0 Å². The Balaban J connectivity index is 1.51. The van der Waals surface area contributed by atoms with E-state index in [1.54, 1.807) is 23.5 Å². The van der Waals surface area contributed by atoms with Crippen molar-refractivity contribution in [3.05, 3.63) is 41.2 Å². The summed E-state index contributed by atoms with van der Waals surface area (Å²) >= 11 is 3.68. The van der Waals surface area contributed by atoms with Crippen LogP contribution in [0, 0.1) is 11.7 Å². The Labute approximate surface area is 133 Å². The van der Waals surface area contributed by atoms with Gasteiger partial charge < -0.3 is 5.32 Å². The highest BCUT2D eigenvalue weighted by Gasteiger charge is 2.13. The molecule has 1 aliphatic heterocycles. The maximum absolute atomic E-state index is 12.9. The van der Waals surface area contributed by atoms with Crippen LogP contribution in [0.1, 0.15) is 18.5 Å². The Morgan fingerprint density at radius 3 is 2.71 bits per heavy atom. The van der Waals surface area contributed by atoms with E-state index in [2.05, 4.69) is 27.4 Å². The largest absolute Gasteiger partial charge is 0.311 e. The predicted molar refractivity (Wildman–Crippen MR) is 89.3 cm³/mol. The summed E-state index contributed by atoms with van der Waals surface area (Å²) in [6, 6.07) is 6.53. The van der Waals surface area contributed by atoms with Gasteiger partial charge in [-0.3, -0.25) is 0 Å². The van der Waals surface area contributed by atoms with Gasteiger partial charge in [0.05, 0.1) is 5.69 Å². The molecule has 112 valence electrons. The third-order valence-corrected chi connectivity index (χ3v) is 5.71. The Bertz CT molecular complexity index is 562. The van der Waals surface area contributed by atoms with Crippen molar-refractivity contribution in [1.82, 2.24) is 10.3 Å². The molecular formula is C16H19FN2S2. The molecule has 2 aromatic rings. The fourth-order valence-electron chi connectivity index (χ4n) is 2.47. The molecule has 0 atom stereocenters. The normalized spacial score (nSPS) is 16.2. The monoisotopic (exact) mass is 322 g/mol. The molecule has 0 aliphatic carbocycles. The van der Waals surface area contributed by atoms with Gasteiger partial charge >= 0.3 is 0 Å². The lowest BCUT2D eigenvalue weighted by Gasteiger charge is -2.21. The molecule has 2 heterocycles. The molecule has 1 aliphatic rings. The van der Waals surface area contributed by atoms with Crippen LogP contribution in [0.15, 0.2) is 29.6 Å². The van der Waals surface area contributed by atoms with Crippen LogP contribution in [0.2, 0.25) is 0 Å². The first-order valence-corrected chi connectivity index (χ1v) is 9.33. The second-order valence-electron chi connectivity index (χ2n) is 5.34. The maximum atomic E-state index is 12.9. The van der Waals surface area contributed by atoms with Crippen molar-refractivity contribution in [2.45, 2.75) is 19.4 Å². The lowest BCUT2D eigenvalue weighted by Crippen LogP contribution is -2.25. The number of thioether (sulfide) groups is 1. The molecule has 0 amide bonds. The third kappa shape index (κ3) is 4.28. The number of nitrogens with one attached hydrogen (secondary N) is 1. The maximum Gasteiger partial charge on any atom is 0.123 e. The first kappa shape index (κ1) is 15.0. The van der Waals surface area contributed by atoms with Crippen LogP contribution in [0.5, 0.6) is 0 Å². The van der Waals surface area contributed by atoms with Crippen molar-refractivity contribution in [3.8, 4) is 10.6 Å². The number of hydrogen-bond donors (Lipinski definition) is 1.